The Kier molecular flexibility index (Phi) is 2.78. The van der Waals surface area contributed by atoms with Gasteiger partial charge >= 0.3 is 5.97 Å². The van der Waals surface area contributed by atoms with Crippen LogP contribution >= 0.6 is 11.6 Å². The summed E-state index contributed by atoms with van der Waals surface area (Å²) in [4.78, 5) is 17.9. The number of hydrogen-bond acceptors (Lipinski definition) is 4. The van der Waals surface area contributed by atoms with Crippen molar-refractivity contribution in [2.75, 3.05) is 5.73 Å². The number of carbonyl (C=O) groups is 1. The number of esters is 1. The fraction of sp³-hybridized carbons (Fsp3) is 0. The lowest BCUT2D eigenvalue weighted by molar-refractivity contribution is 0.0730. The van der Waals surface area contributed by atoms with Crippen molar-refractivity contribution in [2.24, 2.45) is 0 Å². The minimum absolute atomic E-state index is 0.104. The van der Waals surface area contributed by atoms with E-state index in [-0.39, 0.29) is 11.5 Å². The Bertz CT molecular complexity index is 524. The van der Waals surface area contributed by atoms with Crippen molar-refractivity contribution in [2.45, 2.75) is 0 Å². The minimum atomic E-state index is -0.600. The van der Waals surface area contributed by atoms with E-state index in [2.05, 4.69) is 9.97 Å². The van der Waals surface area contributed by atoms with E-state index < -0.39 is 5.97 Å². The summed E-state index contributed by atoms with van der Waals surface area (Å²) in [5.74, 6) is -0.143. The number of aromatic amines is 1. The zero-order chi connectivity index (χ0) is 11.5. The van der Waals surface area contributed by atoms with Crippen LogP contribution in [-0.4, -0.2) is 15.9 Å². The second-order valence-corrected chi connectivity index (χ2v) is 3.45. The summed E-state index contributed by atoms with van der Waals surface area (Å²) in [6.07, 6.45) is 1.32. The molecule has 1 heterocycles. The Morgan fingerprint density at radius 2 is 2.31 bits per heavy atom. The van der Waals surface area contributed by atoms with Crippen LogP contribution in [0.25, 0.3) is 0 Å². The Hall–Kier alpha value is -2.01. The molecule has 0 atom stereocenters. The van der Waals surface area contributed by atoms with Gasteiger partial charge in [-0.25, -0.2) is 9.78 Å². The molecule has 0 unspecified atom stereocenters. The number of halogens is 1. The average Bonchev–Trinajstić information content (AvgIpc) is 2.64. The molecule has 5 nitrogen and oxygen atoms in total. The average molecular weight is 238 g/mol. The predicted octanol–water partition coefficient (Wildman–Crippen LogP) is 1.86. The second-order valence-electron chi connectivity index (χ2n) is 3.01. The van der Waals surface area contributed by atoms with Crippen LogP contribution < -0.4 is 10.5 Å². The standard InChI is InChI=1S/C10H8ClN3O2/c11-6-2-1-3-7(4-6)16-10(15)8-9(12)14-5-13-8/h1-5H,12H2,(H,13,14). The SMILES string of the molecule is Nc1nc[nH]c1C(=O)Oc1cccc(Cl)c1. The zero-order valence-electron chi connectivity index (χ0n) is 8.11. The number of ether oxygens (including phenoxy) is 1. The normalized spacial score (nSPS) is 10.1. The van der Waals surface area contributed by atoms with Crippen molar-refractivity contribution in [1.29, 1.82) is 0 Å². The monoisotopic (exact) mass is 237 g/mol. The summed E-state index contributed by atoms with van der Waals surface area (Å²) < 4.78 is 5.05. The van der Waals surface area contributed by atoms with Crippen LogP contribution in [0.4, 0.5) is 5.82 Å². The molecular weight excluding hydrogens is 230 g/mol. The lowest BCUT2D eigenvalue weighted by Gasteiger charge is -2.03. The van der Waals surface area contributed by atoms with Gasteiger partial charge in [-0.05, 0) is 18.2 Å². The minimum Gasteiger partial charge on any atom is -0.422 e. The molecule has 16 heavy (non-hydrogen) atoms. The van der Waals surface area contributed by atoms with Crippen LogP contribution in [0.3, 0.4) is 0 Å². The molecular formula is C10H8ClN3O2. The highest BCUT2D eigenvalue weighted by Crippen LogP contribution is 2.18. The number of rotatable bonds is 2. The van der Waals surface area contributed by atoms with E-state index in [0.29, 0.717) is 10.8 Å². The van der Waals surface area contributed by atoms with Crippen molar-refractivity contribution < 1.29 is 9.53 Å². The number of nitrogens with one attached hydrogen (secondary N) is 1. The summed E-state index contributed by atoms with van der Waals surface area (Å²) in [5.41, 5.74) is 5.58. The molecule has 0 fully saturated rings. The van der Waals surface area contributed by atoms with Crippen LogP contribution in [0.15, 0.2) is 30.6 Å². The second kappa shape index (κ2) is 4.24. The van der Waals surface area contributed by atoms with Crippen LogP contribution in [0.5, 0.6) is 5.75 Å². The first kappa shape index (κ1) is 10.5. The quantitative estimate of drug-likeness (QED) is 0.617. The van der Waals surface area contributed by atoms with Crippen LogP contribution in [0, 0.1) is 0 Å². The molecule has 0 aliphatic carbocycles. The summed E-state index contributed by atoms with van der Waals surface area (Å²) in [7, 11) is 0. The number of anilines is 1. The van der Waals surface area contributed by atoms with E-state index >= 15 is 0 Å². The third-order valence-corrected chi connectivity index (χ3v) is 2.11. The summed E-state index contributed by atoms with van der Waals surface area (Å²) in [6, 6.07) is 6.52. The first-order chi connectivity index (χ1) is 7.66. The molecule has 0 aliphatic heterocycles. The molecule has 0 radical (unpaired) electrons. The van der Waals surface area contributed by atoms with E-state index in [4.69, 9.17) is 22.1 Å². The molecule has 1 aromatic heterocycles. The van der Waals surface area contributed by atoms with Crippen molar-refractivity contribution in [3.8, 4) is 5.75 Å². The molecule has 6 heteroatoms. The predicted molar refractivity (Wildman–Crippen MR) is 59.4 cm³/mol. The van der Waals surface area contributed by atoms with Gasteiger partial charge in [0, 0.05) is 5.02 Å². The molecule has 3 N–H and O–H groups in total. The Morgan fingerprint density at radius 1 is 1.50 bits per heavy atom. The van der Waals surface area contributed by atoms with Gasteiger partial charge in [-0.2, -0.15) is 0 Å². The van der Waals surface area contributed by atoms with Crippen LogP contribution in [0.1, 0.15) is 10.5 Å². The molecule has 1 aromatic carbocycles. The topological polar surface area (TPSA) is 81.0 Å². The van der Waals surface area contributed by atoms with E-state index in [1.807, 2.05) is 0 Å². The smallest absolute Gasteiger partial charge is 0.364 e. The summed E-state index contributed by atoms with van der Waals surface area (Å²) in [5, 5.41) is 0.489. The van der Waals surface area contributed by atoms with E-state index in [1.165, 1.54) is 12.4 Å². The number of nitrogens with zero attached hydrogens (tertiary/aromatic N) is 1. The third-order valence-electron chi connectivity index (χ3n) is 1.88. The van der Waals surface area contributed by atoms with E-state index in [9.17, 15) is 4.79 Å². The molecule has 2 aromatic rings. The zero-order valence-corrected chi connectivity index (χ0v) is 8.86. The molecule has 2 rings (SSSR count). The number of nitrogen functional groups attached to an aromatic ring is 1. The van der Waals surface area contributed by atoms with Gasteiger partial charge in [-0.3, -0.25) is 0 Å². The molecule has 0 aliphatic rings. The van der Waals surface area contributed by atoms with Gasteiger partial charge < -0.3 is 15.5 Å². The fourth-order valence-electron chi connectivity index (χ4n) is 1.16. The number of aromatic nitrogens is 2. The Labute approximate surface area is 96.2 Å². The van der Waals surface area contributed by atoms with E-state index in [1.54, 1.807) is 18.2 Å². The van der Waals surface area contributed by atoms with Crippen molar-refractivity contribution in [3.05, 3.63) is 41.3 Å². The number of carbonyl (C=O) groups excluding carboxylic acids is 1. The fourth-order valence-corrected chi connectivity index (χ4v) is 1.34. The number of benzene rings is 1. The lowest BCUT2D eigenvalue weighted by atomic mass is 10.3. The molecule has 0 saturated carbocycles. The summed E-state index contributed by atoms with van der Waals surface area (Å²) >= 11 is 5.75. The van der Waals surface area contributed by atoms with Gasteiger partial charge in [0.2, 0.25) is 0 Å². The van der Waals surface area contributed by atoms with Gasteiger partial charge in [0.05, 0.1) is 6.33 Å². The van der Waals surface area contributed by atoms with Gasteiger partial charge in [0.15, 0.2) is 11.5 Å². The molecule has 0 spiro atoms. The number of nitrogens with two attached hydrogens (primary N) is 1. The maximum Gasteiger partial charge on any atom is 0.364 e. The highest BCUT2D eigenvalue weighted by molar-refractivity contribution is 6.30. The molecule has 0 bridgehead atoms. The Balaban J connectivity index is 2.17. The maximum absolute atomic E-state index is 11.6. The van der Waals surface area contributed by atoms with E-state index in [0.717, 1.165) is 0 Å². The van der Waals surface area contributed by atoms with Crippen LogP contribution in [0.2, 0.25) is 5.02 Å². The largest absolute Gasteiger partial charge is 0.422 e. The lowest BCUT2D eigenvalue weighted by Crippen LogP contribution is -2.11. The molecule has 0 amide bonds. The highest BCUT2D eigenvalue weighted by atomic mass is 35.5. The van der Waals surface area contributed by atoms with Gasteiger partial charge in [0.1, 0.15) is 5.75 Å². The highest BCUT2D eigenvalue weighted by Gasteiger charge is 2.14. The first-order valence-corrected chi connectivity index (χ1v) is 4.81. The van der Waals surface area contributed by atoms with Crippen molar-refractivity contribution in [3.63, 3.8) is 0 Å². The van der Waals surface area contributed by atoms with Gasteiger partial charge in [-0.15, -0.1) is 0 Å². The molecule has 82 valence electrons. The third kappa shape index (κ3) is 2.14. The van der Waals surface area contributed by atoms with Gasteiger partial charge in [-0.1, -0.05) is 17.7 Å². The first-order valence-electron chi connectivity index (χ1n) is 4.43. The number of hydrogen-bond donors (Lipinski definition) is 2. The van der Waals surface area contributed by atoms with Crippen LogP contribution in [-0.2, 0) is 0 Å². The summed E-state index contributed by atoms with van der Waals surface area (Å²) in [6.45, 7) is 0. The maximum atomic E-state index is 11.6. The number of imidazole rings is 1. The van der Waals surface area contributed by atoms with Crippen molar-refractivity contribution >= 4 is 23.4 Å². The van der Waals surface area contributed by atoms with Gasteiger partial charge in [0.25, 0.3) is 0 Å². The number of H-pyrrole nitrogens is 1. The Morgan fingerprint density at radius 3 is 2.94 bits per heavy atom. The van der Waals surface area contributed by atoms with Crippen molar-refractivity contribution in [1.82, 2.24) is 9.97 Å². The molecule has 0 saturated heterocycles.